The first-order valence-corrected chi connectivity index (χ1v) is 3.16. The van der Waals surface area contributed by atoms with E-state index in [2.05, 4.69) is 9.97 Å². The number of carbonyl (C=O) groups is 1. The van der Waals surface area contributed by atoms with Crippen molar-refractivity contribution < 1.29 is 9.90 Å². The quantitative estimate of drug-likeness (QED) is 0.543. The number of hydrogen-bond donors (Lipinski definition) is 3. The molecule has 11 heavy (non-hydrogen) atoms. The summed E-state index contributed by atoms with van der Waals surface area (Å²) in [7, 11) is 0. The molecule has 1 heterocycles. The Morgan fingerprint density at radius 1 is 1.91 bits per heavy atom. The number of aromatic nitrogens is 2. The van der Waals surface area contributed by atoms with Crippen molar-refractivity contribution in [1.82, 2.24) is 9.97 Å². The molecule has 60 valence electrons. The molecule has 0 fully saturated rings. The molecule has 0 aromatic carbocycles. The molecule has 0 aliphatic rings. The highest BCUT2D eigenvalue weighted by atomic mass is 16.4. The number of carboxylic acids is 1. The summed E-state index contributed by atoms with van der Waals surface area (Å²) >= 11 is 0. The summed E-state index contributed by atoms with van der Waals surface area (Å²) in [5, 5.41) is 8.42. The van der Waals surface area contributed by atoms with Gasteiger partial charge in [0, 0.05) is 18.3 Å². The van der Waals surface area contributed by atoms with Crippen LogP contribution in [0, 0.1) is 0 Å². The van der Waals surface area contributed by atoms with Crippen molar-refractivity contribution in [2.75, 3.05) is 0 Å². The molecule has 1 aromatic rings. The average molecular weight is 156 g/mol. The number of hydrogen-bond acceptors (Lipinski definition) is 3. The maximum Gasteiger partial charge on any atom is 0.320 e. The van der Waals surface area contributed by atoms with Crippen molar-refractivity contribution >= 4 is 5.97 Å². The van der Waals surface area contributed by atoms with Gasteiger partial charge in [-0.2, -0.15) is 0 Å². The maximum atomic E-state index is 10.3. The number of nitrogens with two attached hydrogens (primary N) is 1. The predicted octanol–water partition coefficient (Wildman–Crippen LogP) is -0.636. The third-order valence-corrected chi connectivity index (χ3v) is 1.31. The van der Waals surface area contributed by atoms with Gasteiger partial charge in [-0.15, -0.1) is 0 Å². The molecule has 0 aliphatic heterocycles. The Morgan fingerprint density at radius 3 is 3.09 bits per heavy atom. The van der Waals surface area contributed by atoms with Gasteiger partial charge in [-0.1, -0.05) is 0 Å². The van der Waals surface area contributed by atoms with E-state index in [9.17, 15) is 4.79 Å². The highest BCUT2D eigenvalue weighted by Crippen LogP contribution is 1.95. The third kappa shape index (κ3) is 2.05. The number of nitrogens with one attached hydrogen (secondary N) is 1. The van der Waals surface area contributed by atoms with E-state index in [0.29, 0.717) is 0 Å². The zero-order chi connectivity index (χ0) is 8.27. The highest BCUT2D eigenvalue weighted by molar-refractivity contribution is 5.73. The molecule has 0 spiro atoms. The molecule has 5 nitrogen and oxygen atoms in total. The van der Waals surface area contributed by atoms with E-state index in [1.54, 1.807) is 6.20 Å². The Balaban J connectivity index is 2.50. The van der Waals surface area contributed by atoms with Crippen molar-refractivity contribution in [2.24, 2.45) is 5.73 Å². The monoisotopic (exact) mass is 156 g/mol. The van der Waals surface area contributed by atoms with E-state index in [-0.39, 0.29) is 6.42 Å². The van der Waals surface area contributed by atoms with Gasteiger partial charge in [0.1, 0.15) is 6.04 Å². The summed E-state index contributed by atoms with van der Waals surface area (Å²) in [5.74, 6) is -1.00. The molecule has 0 saturated carbocycles. The molecule has 1 atom stereocenters. The lowest BCUT2D eigenvalue weighted by Gasteiger charge is -2.02. The summed E-state index contributed by atoms with van der Waals surface area (Å²) in [6.45, 7) is 0. The number of carboxylic acid groups (broad SMARTS) is 1. The molecule has 0 saturated heterocycles. The Bertz CT molecular complexity index is 232. The largest absolute Gasteiger partial charge is 0.480 e. The predicted molar refractivity (Wildman–Crippen MR) is 37.9 cm³/mol. The van der Waals surface area contributed by atoms with Crippen molar-refractivity contribution in [2.45, 2.75) is 12.5 Å². The molecule has 1 rings (SSSR count). The van der Waals surface area contributed by atoms with Gasteiger partial charge in [0.15, 0.2) is 0 Å². The minimum absolute atomic E-state index is 0.287. The second-order valence-electron chi connectivity index (χ2n) is 2.23. The molecule has 0 aliphatic carbocycles. The number of aliphatic carboxylic acids is 1. The van der Waals surface area contributed by atoms with Gasteiger partial charge in [0.05, 0.1) is 6.33 Å². The van der Waals surface area contributed by atoms with Crippen LogP contribution in [0.4, 0.5) is 0 Å². The number of rotatable bonds is 3. The van der Waals surface area contributed by atoms with Crippen LogP contribution in [-0.4, -0.2) is 27.1 Å². The first kappa shape index (κ1) is 7.74. The Hall–Kier alpha value is -1.36. The highest BCUT2D eigenvalue weighted by Gasteiger charge is 2.11. The van der Waals surface area contributed by atoms with Gasteiger partial charge >= 0.3 is 5.97 Å². The normalized spacial score (nSPS) is 12.8. The number of aromatic amines is 1. The summed E-state index contributed by atoms with van der Waals surface area (Å²) in [6.07, 6.45) is 3.34. The zero-order valence-electron chi connectivity index (χ0n) is 5.82. The fraction of sp³-hybridized carbons (Fsp3) is 0.333. The topological polar surface area (TPSA) is 92.0 Å². The van der Waals surface area contributed by atoms with Gasteiger partial charge in [-0.3, -0.25) is 4.79 Å². The molecular formula is C6H9N3O2. The minimum atomic E-state index is -1.00. The minimum Gasteiger partial charge on any atom is -0.480 e. The lowest BCUT2D eigenvalue weighted by atomic mass is 10.2. The van der Waals surface area contributed by atoms with Crippen LogP contribution in [0.3, 0.4) is 0 Å². The molecule has 5 heteroatoms. The smallest absolute Gasteiger partial charge is 0.320 e. The summed E-state index contributed by atoms with van der Waals surface area (Å²) in [5.41, 5.74) is 6.00. The van der Waals surface area contributed by atoms with E-state index in [4.69, 9.17) is 10.8 Å². The molecule has 4 N–H and O–H groups in total. The second-order valence-corrected chi connectivity index (χ2v) is 2.23. The molecule has 0 amide bonds. The molecular weight excluding hydrogens is 147 g/mol. The molecule has 0 bridgehead atoms. The molecule has 0 unspecified atom stereocenters. The number of imidazole rings is 1. The van der Waals surface area contributed by atoms with Crippen LogP contribution in [0.1, 0.15) is 5.69 Å². The van der Waals surface area contributed by atoms with Crippen LogP contribution in [0.25, 0.3) is 0 Å². The van der Waals surface area contributed by atoms with Gasteiger partial charge in [0.25, 0.3) is 0 Å². The summed E-state index contributed by atoms with van der Waals surface area (Å²) in [4.78, 5) is 16.8. The van der Waals surface area contributed by atoms with Gasteiger partial charge in [0.2, 0.25) is 0 Å². The van der Waals surface area contributed by atoms with Gasteiger partial charge < -0.3 is 15.8 Å². The van der Waals surface area contributed by atoms with Crippen LogP contribution in [0.2, 0.25) is 0 Å². The third-order valence-electron chi connectivity index (χ3n) is 1.31. The van der Waals surface area contributed by atoms with Crippen molar-refractivity contribution in [1.29, 1.82) is 0 Å². The number of nitrogens with zero attached hydrogens (tertiary/aromatic N) is 1. The Labute approximate surface area is 63.3 Å². The van der Waals surface area contributed by atoms with E-state index < -0.39 is 12.0 Å². The van der Waals surface area contributed by atoms with Gasteiger partial charge in [-0.05, 0) is 0 Å². The van der Waals surface area contributed by atoms with E-state index >= 15 is 0 Å². The van der Waals surface area contributed by atoms with E-state index in [0.717, 1.165) is 5.69 Å². The standard InChI is InChI=1S/C6H9N3O2/c7-5(6(10)11)1-4-2-8-3-9-4/h2-3,5H,1,7H2,(H,8,9)(H,10,11)/t5-/m0/s1/i3+1. The molecule has 1 aromatic heterocycles. The Morgan fingerprint density at radius 2 is 2.64 bits per heavy atom. The first-order valence-electron chi connectivity index (χ1n) is 3.16. The summed E-state index contributed by atoms with van der Waals surface area (Å²) in [6, 6.07) is -0.851. The van der Waals surface area contributed by atoms with Crippen LogP contribution in [-0.2, 0) is 11.2 Å². The zero-order valence-corrected chi connectivity index (χ0v) is 5.82. The number of H-pyrrole nitrogens is 1. The summed E-state index contributed by atoms with van der Waals surface area (Å²) < 4.78 is 0. The van der Waals surface area contributed by atoms with Crippen molar-refractivity contribution in [3.63, 3.8) is 0 Å². The van der Waals surface area contributed by atoms with Crippen molar-refractivity contribution in [3.05, 3.63) is 18.2 Å². The Kier molecular flexibility index (Phi) is 2.22. The van der Waals surface area contributed by atoms with Crippen LogP contribution >= 0.6 is 0 Å². The SMILES string of the molecule is N[C@@H](Cc1cn[13cH][nH]1)C(=O)O. The maximum absolute atomic E-state index is 10.3. The van der Waals surface area contributed by atoms with Crippen LogP contribution in [0.15, 0.2) is 12.5 Å². The lowest BCUT2D eigenvalue weighted by molar-refractivity contribution is -0.138. The van der Waals surface area contributed by atoms with Crippen LogP contribution < -0.4 is 5.73 Å². The average Bonchev–Trinajstić information content (AvgIpc) is 2.39. The second kappa shape index (κ2) is 3.16. The molecule has 0 radical (unpaired) electrons. The van der Waals surface area contributed by atoms with Crippen LogP contribution in [0.5, 0.6) is 0 Å². The van der Waals surface area contributed by atoms with E-state index in [1.807, 2.05) is 0 Å². The fourth-order valence-corrected chi connectivity index (χ4v) is 0.721. The lowest BCUT2D eigenvalue weighted by Crippen LogP contribution is -2.32. The van der Waals surface area contributed by atoms with Gasteiger partial charge in [-0.25, -0.2) is 4.98 Å². The van der Waals surface area contributed by atoms with Crippen molar-refractivity contribution in [3.8, 4) is 0 Å². The first-order chi connectivity index (χ1) is 5.20. The van der Waals surface area contributed by atoms with E-state index in [1.165, 1.54) is 6.33 Å². The fourth-order valence-electron chi connectivity index (χ4n) is 0.721.